The van der Waals surface area contributed by atoms with E-state index < -0.39 is 12.0 Å². The van der Waals surface area contributed by atoms with Gasteiger partial charge in [-0.25, -0.2) is 0 Å². The standard InChI is InChI=1S/C42H68N2O6/c1-10-34(46)50-32-18-19-39(7)30(38(32,5)6)17-20-41(9)31(39)16-15-28-29-26-37(3,4)21-23-42(29,24-22-40(28,41)8)36(49)43-25-13-11-12-14-33(45)44-27(2)35(47)48/h15,27,29-32H,10-14,16-26H2,1-9H3,(H,43,49)(H,44,45)(H,47,48)/t27-,29?,30?,31?,32-,39-,40+,41+,42-/m0/s1. The first-order valence-corrected chi connectivity index (χ1v) is 20.0. The molecule has 0 heterocycles. The lowest BCUT2D eigenvalue weighted by atomic mass is 9.33. The molecule has 0 radical (unpaired) electrons. The Morgan fingerprint density at radius 3 is 2.28 bits per heavy atom. The van der Waals surface area contributed by atoms with Crippen LogP contribution in [0.15, 0.2) is 11.6 Å². The van der Waals surface area contributed by atoms with Crippen LogP contribution in [0.3, 0.4) is 0 Å². The molecular formula is C42H68N2O6. The van der Waals surface area contributed by atoms with Gasteiger partial charge in [0.05, 0.1) is 5.41 Å². The number of rotatable bonds is 11. The molecule has 4 saturated carbocycles. The maximum Gasteiger partial charge on any atom is 0.325 e. The third-order valence-electron chi connectivity index (χ3n) is 15.7. The zero-order chi connectivity index (χ0) is 36.9. The minimum Gasteiger partial charge on any atom is -0.480 e. The summed E-state index contributed by atoms with van der Waals surface area (Å²) in [4.78, 5) is 49.9. The summed E-state index contributed by atoms with van der Waals surface area (Å²) in [5.41, 5.74) is 1.67. The molecule has 282 valence electrons. The van der Waals surface area contributed by atoms with E-state index >= 15 is 0 Å². The number of esters is 1. The van der Waals surface area contributed by atoms with Crippen molar-refractivity contribution in [2.75, 3.05) is 6.54 Å². The maximum absolute atomic E-state index is 14.4. The quantitative estimate of drug-likeness (QED) is 0.113. The Balaban J connectivity index is 1.31. The fourth-order valence-electron chi connectivity index (χ4n) is 12.4. The number of carbonyl (C=O) groups excluding carboxylic acids is 3. The molecule has 0 aliphatic heterocycles. The molecule has 0 aromatic carbocycles. The minimum atomic E-state index is -1.04. The number of carboxylic acids is 1. The van der Waals surface area contributed by atoms with Crippen molar-refractivity contribution in [2.24, 2.45) is 50.2 Å². The molecule has 5 rings (SSSR count). The number of ether oxygens (including phenoxy) is 1. The molecule has 2 amide bonds. The van der Waals surface area contributed by atoms with Crippen molar-refractivity contribution in [1.29, 1.82) is 0 Å². The van der Waals surface area contributed by atoms with Crippen LogP contribution >= 0.6 is 0 Å². The van der Waals surface area contributed by atoms with Gasteiger partial charge in [-0.05, 0) is 123 Å². The van der Waals surface area contributed by atoms with Crippen LogP contribution < -0.4 is 10.6 Å². The number of aliphatic carboxylic acids is 1. The van der Waals surface area contributed by atoms with E-state index in [2.05, 4.69) is 65.2 Å². The molecule has 0 aromatic rings. The highest BCUT2D eigenvalue weighted by Crippen LogP contribution is 2.75. The fourth-order valence-corrected chi connectivity index (χ4v) is 12.4. The number of amides is 2. The third kappa shape index (κ3) is 6.57. The first-order chi connectivity index (χ1) is 23.3. The highest BCUT2D eigenvalue weighted by atomic mass is 16.5. The van der Waals surface area contributed by atoms with Crippen molar-refractivity contribution < 1.29 is 29.0 Å². The average Bonchev–Trinajstić information content (AvgIpc) is 3.03. The number of hydrogen-bond donors (Lipinski definition) is 3. The summed E-state index contributed by atoms with van der Waals surface area (Å²) in [6.45, 7) is 21.2. The molecule has 5 aliphatic rings. The van der Waals surface area contributed by atoms with E-state index in [4.69, 9.17) is 9.84 Å². The van der Waals surface area contributed by atoms with Gasteiger partial charge in [0.2, 0.25) is 11.8 Å². The zero-order valence-electron chi connectivity index (χ0n) is 32.8. The van der Waals surface area contributed by atoms with Gasteiger partial charge in [-0.2, -0.15) is 0 Å². The van der Waals surface area contributed by atoms with E-state index in [1.807, 2.05) is 6.92 Å². The highest BCUT2D eigenvalue weighted by Gasteiger charge is 2.69. The molecule has 5 aliphatic carbocycles. The summed E-state index contributed by atoms with van der Waals surface area (Å²) in [5.74, 6) is 0.161. The van der Waals surface area contributed by atoms with Gasteiger partial charge in [0, 0.05) is 24.8 Å². The van der Waals surface area contributed by atoms with Crippen LogP contribution in [0, 0.1) is 50.2 Å². The van der Waals surface area contributed by atoms with Crippen LogP contribution in [-0.2, 0) is 23.9 Å². The second-order valence-electron chi connectivity index (χ2n) is 19.3. The molecule has 8 nitrogen and oxygen atoms in total. The first kappa shape index (κ1) is 38.8. The molecule has 3 N–H and O–H groups in total. The van der Waals surface area contributed by atoms with Crippen molar-refractivity contribution in [1.82, 2.24) is 10.6 Å². The second-order valence-corrected chi connectivity index (χ2v) is 19.3. The summed E-state index contributed by atoms with van der Waals surface area (Å²) < 4.78 is 6.08. The van der Waals surface area contributed by atoms with Crippen LogP contribution in [0.25, 0.3) is 0 Å². The van der Waals surface area contributed by atoms with Gasteiger partial charge in [0.15, 0.2) is 0 Å². The Morgan fingerprint density at radius 1 is 0.900 bits per heavy atom. The van der Waals surface area contributed by atoms with Crippen molar-refractivity contribution in [2.45, 2.75) is 171 Å². The summed E-state index contributed by atoms with van der Waals surface area (Å²) >= 11 is 0. The van der Waals surface area contributed by atoms with E-state index in [1.54, 1.807) is 5.57 Å². The second kappa shape index (κ2) is 13.9. The molecule has 0 aromatic heterocycles. The minimum absolute atomic E-state index is 0.0203. The van der Waals surface area contributed by atoms with Crippen LogP contribution in [0.4, 0.5) is 0 Å². The fraction of sp³-hybridized carbons (Fsp3) is 0.857. The highest BCUT2D eigenvalue weighted by molar-refractivity contribution is 5.84. The van der Waals surface area contributed by atoms with Gasteiger partial charge in [-0.15, -0.1) is 0 Å². The van der Waals surface area contributed by atoms with Gasteiger partial charge >= 0.3 is 11.9 Å². The van der Waals surface area contributed by atoms with Crippen LogP contribution in [0.1, 0.15) is 159 Å². The van der Waals surface area contributed by atoms with Crippen molar-refractivity contribution in [3.63, 3.8) is 0 Å². The third-order valence-corrected chi connectivity index (χ3v) is 15.7. The van der Waals surface area contributed by atoms with E-state index in [0.29, 0.717) is 37.6 Å². The van der Waals surface area contributed by atoms with E-state index in [1.165, 1.54) is 13.3 Å². The lowest BCUT2D eigenvalue weighted by Crippen LogP contribution is -2.65. The van der Waals surface area contributed by atoms with E-state index in [-0.39, 0.29) is 62.3 Å². The molecule has 50 heavy (non-hydrogen) atoms. The Kier molecular flexibility index (Phi) is 10.8. The Bertz CT molecular complexity index is 1370. The molecule has 4 fully saturated rings. The number of unbranched alkanes of at least 4 members (excludes halogenated alkanes) is 2. The molecule has 0 bridgehead atoms. The lowest BCUT2D eigenvalue weighted by molar-refractivity contribution is -0.212. The number of allylic oxidation sites excluding steroid dienone is 2. The molecule has 9 atom stereocenters. The van der Waals surface area contributed by atoms with Gasteiger partial charge in [0.1, 0.15) is 12.1 Å². The van der Waals surface area contributed by atoms with E-state index in [0.717, 1.165) is 70.6 Å². The van der Waals surface area contributed by atoms with Gasteiger partial charge in [-0.1, -0.05) is 73.5 Å². The SMILES string of the molecule is CCC(=O)O[C@H]1CC[C@@]2(C)C(CC[C@]3(C)C2CC=C2C4CC(C)(C)CC[C@]4(C(=O)NCCCCCC(=O)N[C@@H](C)C(=O)O)CC[C@]23C)C1(C)C. The monoisotopic (exact) mass is 697 g/mol. The Labute approximate surface area is 302 Å². The molecule has 0 saturated heterocycles. The van der Waals surface area contributed by atoms with Crippen molar-refractivity contribution in [3.8, 4) is 0 Å². The number of nitrogens with one attached hydrogen (secondary N) is 2. The lowest BCUT2D eigenvalue weighted by Gasteiger charge is -2.71. The zero-order valence-corrected chi connectivity index (χ0v) is 32.8. The Morgan fingerprint density at radius 2 is 1.60 bits per heavy atom. The Hall–Kier alpha value is -2.38. The predicted molar refractivity (Wildman–Crippen MR) is 196 cm³/mol. The summed E-state index contributed by atoms with van der Waals surface area (Å²) in [5, 5.41) is 14.9. The number of hydrogen-bond acceptors (Lipinski definition) is 5. The normalized spacial score (nSPS) is 38.9. The topological polar surface area (TPSA) is 122 Å². The molecule has 0 spiro atoms. The van der Waals surface area contributed by atoms with Gasteiger partial charge in [0.25, 0.3) is 0 Å². The van der Waals surface area contributed by atoms with Crippen molar-refractivity contribution >= 4 is 23.8 Å². The number of carboxylic acid groups (broad SMARTS) is 1. The first-order valence-electron chi connectivity index (χ1n) is 20.0. The molecular weight excluding hydrogens is 628 g/mol. The van der Waals surface area contributed by atoms with Crippen LogP contribution in [0.5, 0.6) is 0 Å². The van der Waals surface area contributed by atoms with Crippen molar-refractivity contribution in [3.05, 3.63) is 11.6 Å². The number of fused-ring (bicyclic) bond motifs is 7. The van der Waals surface area contributed by atoms with Crippen LogP contribution in [0.2, 0.25) is 0 Å². The summed E-state index contributed by atoms with van der Waals surface area (Å²) in [6.07, 6.45) is 16.0. The van der Waals surface area contributed by atoms with Gasteiger partial charge in [-0.3, -0.25) is 19.2 Å². The summed E-state index contributed by atoms with van der Waals surface area (Å²) in [7, 11) is 0. The van der Waals surface area contributed by atoms with Crippen LogP contribution in [-0.4, -0.2) is 47.6 Å². The van der Waals surface area contributed by atoms with E-state index in [9.17, 15) is 19.2 Å². The van der Waals surface area contributed by atoms with Gasteiger partial charge < -0.3 is 20.5 Å². The number of carbonyl (C=O) groups is 4. The largest absolute Gasteiger partial charge is 0.480 e. The predicted octanol–water partition coefficient (Wildman–Crippen LogP) is 8.38. The summed E-state index contributed by atoms with van der Waals surface area (Å²) in [6, 6.07) is -0.886. The molecule has 8 heteroatoms. The smallest absolute Gasteiger partial charge is 0.325 e. The maximum atomic E-state index is 14.4. The average molecular weight is 697 g/mol. The molecule has 3 unspecified atom stereocenters.